The molecule has 1 fully saturated rings. The smallest absolute Gasteiger partial charge is 0.129 e. The van der Waals surface area contributed by atoms with Crippen LogP contribution in [0.5, 0.6) is 0 Å². The van der Waals surface area contributed by atoms with Crippen LogP contribution in [0.15, 0.2) is 12.3 Å². The highest BCUT2D eigenvalue weighted by Crippen LogP contribution is 2.27. The van der Waals surface area contributed by atoms with E-state index in [0.717, 1.165) is 29.7 Å². The van der Waals surface area contributed by atoms with Gasteiger partial charge in [-0.2, -0.15) is 0 Å². The molecule has 1 aromatic rings. The minimum Gasteiger partial charge on any atom is -0.397 e. The summed E-state index contributed by atoms with van der Waals surface area (Å²) >= 11 is 0. The van der Waals surface area contributed by atoms with Gasteiger partial charge in [0, 0.05) is 18.6 Å². The van der Waals surface area contributed by atoms with Crippen LogP contribution < -0.4 is 11.1 Å². The minimum atomic E-state index is 0.529. The number of nitrogens with zero attached hydrogens (tertiary/aromatic N) is 2. The van der Waals surface area contributed by atoms with E-state index < -0.39 is 0 Å². The van der Waals surface area contributed by atoms with E-state index in [-0.39, 0.29) is 0 Å². The van der Waals surface area contributed by atoms with Crippen LogP contribution in [0.2, 0.25) is 0 Å². The number of rotatable bonds is 5. The second-order valence-corrected chi connectivity index (χ2v) is 5.06. The first-order valence-electron chi connectivity index (χ1n) is 6.26. The lowest BCUT2D eigenvalue weighted by Gasteiger charge is -2.25. The normalized spacial score (nSPS) is 17.2. The molecule has 1 saturated carbocycles. The summed E-state index contributed by atoms with van der Waals surface area (Å²) in [5.41, 5.74) is 7.50. The lowest BCUT2D eigenvalue weighted by molar-refractivity contribution is 0.257. The molecular formula is C13H22N4. The molecule has 1 aliphatic rings. The summed E-state index contributed by atoms with van der Waals surface area (Å²) in [5.74, 6) is 0.940. The maximum atomic E-state index is 5.68. The van der Waals surface area contributed by atoms with Crippen LogP contribution >= 0.6 is 0 Å². The third-order valence-corrected chi connectivity index (χ3v) is 3.48. The molecule has 0 aliphatic heterocycles. The zero-order valence-corrected chi connectivity index (χ0v) is 10.9. The Balaban J connectivity index is 1.88. The molecule has 1 atom stereocenters. The van der Waals surface area contributed by atoms with Crippen molar-refractivity contribution < 1.29 is 0 Å². The highest BCUT2D eigenvalue weighted by atomic mass is 15.2. The van der Waals surface area contributed by atoms with Crippen molar-refractivity contribution in [2.75, 3.05) is 24.6 Å². The molecule has 3 N–H and O–H groups in total. The zero-order valence-electron chi connectivity index (χ0n) is 10.9. The average molecular weight is 234 g/mol. The molecule has 1 unspecified atom stereocenters. The molecule has 0 aromatic carbocycles. The molecule has 0 spiro atoms. The van der Waals surface area contributed by atoms with Gasteiger partial charge >= 0.3 is 0 Å². The van der Waals surface area contributed by atoms with E-state index in [0.29, 0.717) is 6.04 Å². The van der Waals surface area contributed by atoms with Crippen LogP contribution in [0.25, 0.3) is 0 Å². The monoisotopic (exact) mass is 234 g/mol. The first kappa shape index (κ1) is 12.2. The van der Waals surface area contributed by atoms with E-state index in [2.05, 4.69) is 29.2 Å². The Bertz CT molecular complexity index is 387. The number of aryl methyl sites for hydroxylation is 1. The number of pyridine rings is 1. The van der Waals surface area contributed by atoms with Crippen molar-refractivity contribution in [1.82, 2.24) is 9.88 Å². The van der Waals surface area contributed by atoms with Gasteiger partial charge in [-0.3, -0.25) is 4.90 Å². The molecule has 17 heavy (non-hydrogen) atoms. The van der Waals surface area contributed by atoms with Crippen LogP contribution in [0.4, 0.5) is 11.5 Å². The fourth-order valence-corrected chi connectivity index (χ4v) is 2.01. The third-order valence-electron chi connectivity index (χ3n) is 3.48. The molecule has 4 heteroatoms. The molecule has 0 bridgehead atoms. The van der Waals surface area contributed by atoms with E-state index in [1.165, 1.54) is 12.8 Å². The lowest BCUT2D eigenvalue weighted by atomic mass is 10.2. The van der Waals surface area contributed by atoms with Crippen molar-refractivity contribution in [3.63, 3.8) is 0 Å². The Morgan fingerprint density at radius 3 is 2.88 bits per heavy atom. The van der Waals surface area contributed by atoms with Crippen LogP contribution in [-0.4, -0.2) is 35.6 Å². The van der Waals surface area contributed by atoms with E-state index in [9.17, 15) is 0 Å². The summed E-state index contributed by atoms with van der Waals surface area (Å²) < 4.78 is 0. The largest absolute Gasteiger partial charge is 0.397 e. The quantitative estimate of drug-likeness (QED) is 0.816. The number of nitrogen functional groups attached to an aromatic ring is 1. The van der Waals surface area contributed by atoms with Crippen LogP contribution in [0, 0.1) is 6.92 Å². The number of nitrogens with one attached hydrogen (secondary N) is 1. The maximum absolute atomic E-state index is 5.68. The molecule has 1 heterocycles. The number of nitrogens with two attached hydrogens (primary N) is 1. The average Bonchev–Trinajstić information content (AvgIpc) is 3.10. The Kier molecular flexibility index (Phi) is 3.52. The standard InChI is InChI=1S/C13H22N4/c1-9-6-11(14)8-16-13(9)15-7-10(2)17(3)12-4-5-12/h6,8,10,12H,4-5,7,14H2,1-3H3,(H,15,16). The molecule has 2 rings (SSSR count). The Morgan fingerprint density at radius 1 is 1.59 bits per heavy atom. The van der Waals surface area contributed by atoms with E-state index in [4.69, 9.17) is 5.73 Å². The zero-order chi connectivity index (χ0) is 12.4. The van der Waals surface area contributed by atoms with Gasteiger partial charge < -0.3 is 11.1 Å². The number of aromatic nitrogens is 1. The summed E-state index contributed by atoms with van der Waals surface area (Å²) in [4.78, 5) is 6.76. The molecular weight excluding hydrogens is 212 g/mol. The summed E-state index contributed by atoms with van der Waals surface area (Å²) in [6, 6.07) is 3.28. The SMILES string of the molecule is Cc1cc(N)cnc1NCC(C)N(C)C1CC1. The Morgan fingerprint density at radius 2 is 2.29 bits per heavy atom. The Labute approximate surface area is 103 Å². The first-order chi connectivity index (χ1) is 8.08. The molecule has 0 amide bonds. The fourth-order valence-electron chi connectivity index (χ4n) is 2.01. The molecule has 1 aliphatic carbocycles. The van der Waals surface area contributed by atoms with Gasteiger partial charge in [0.25, 0.3) is 0 Å². The lowest BCUT2D eigenvalue weighted by Crippen LogP contribution is -2.36. The van der Waals surface area contributed by atoms with Crippen LogP contribution in [0.1, 0.15) is 25.3 Å². The predicted octanol–water partition coefficient (Wildman–Crippen LogP) is 1.87. The number of hydrogen-bond acceptors (Lipinski definition) is 4. The minimum absolute atomic E-state index is 0.529. The summed E-state index contributed by atoms with van der Waals surface area (Å²) in [6.07, 6.45) is 4.39. The molecule has 94 valence electrons. The van der Waals surface area contributed by atoms with Crippen molar-refractivity contribution in [2.24, 2.45) is 0 Å². The summed E-state index contributed by atoms with van der Waals surface area (Å²) in [7, 11) is 2.20. The fraction of sp³-hybridized carbons (Fsp3) is 0.615. The summed E-state index contributed by atoms with van der Waals surface area (Å²) in [5, 5.41) is 3.40. The third kappa shape index (κ3) is 3.09. The van der Waals surface area contributed by atoms with Crippen molar-refractivity contribution >= 4 is 11.5 Å². The van der Waals surface area contributed by atoms with Gasteiger partial charge in [-0.05, 0) is 45.4 Å². The number of anilines is 2. The van der Waals surface area contributed by atoms with Gasteiger partial charge in [-0.15, -0.1) is 0 Å². The van der Waals surface area contributed by atoms with Crippen molar-refractivity contribution in [3.8, 4) is 0 Å². The van der Waals surface area contributed by atoms with E-state index in [1.54, 1.807) is 6.20 Å². The molecule has 0 saturated heterocycles. The number of hydrogen-bond donors (Lipinski definition) is 2. The van der Waals surface area contributed by atoms with Gasteiger partial charge in [0.1, 0.15) is 5.82 Å². The predicted molar refractivity (Wildman–Crippen MR) is 72.1 cm³/mol. The Hall–Kier alpha value is -1.29. The van der Waals surface area contributed by atoms with Gasteiger partial charge in [0.05, 0.1) is 11.9 Å². The molecule has 0 radical (unpaired) electrons. The van der Waals surface area contributed by atoms with Crippen LogP contribution in [0.3, 0.4) is 0 Å². The second kappa shape index (κ2) is 4.92. The van der Waals surface area contributed by atoms with Crippen molar-refractivity contribution in [2.45, 2.75) is 38.8 Å². The summed E-state index contributed by atoms with van der Waals surface area (Å²) in [6.45, 7) is 5.20. The van der Waals surface area contributed by atoms with Crippen molar-refractivity contribution in [1.29, 1.82) is 0 Å². The van der Waals surface area contributed by atoms with E-state index in [1.807, 2.05) is 13.0 Å². The molecule has 1 aromatic heterocycles. The molecule has 4 nitrogen and oxygen atoms in total. The highest BCUT2D eigenvalue weighted by Gasteiger charge is 2.28. The highest BCUT2D eigenvalue weighted by molar-refractivity contribution is 5.50. The van der Waals surface area contributed by atoms with Gasteiger partial charge in [-0.1, -0.05) is 0 Å². The van der Waals surface area contributed by atoms with Gasteiger partial charge in [0.2, 0.25) is 0 Å². The number of likely N-dealkylation sites (N-methyl/N-ethyl adjacent to an activating group) is 1. The topological polar surface area (TPSA) is 54.2 Å². The second-order valence-electron chi connectivity index (χ2n) is 5.06. The van der Waals surface area contributed by atoms with Crippen molar-refractivity contribution in [3.05, 3.63) is 17.8 Å². The maximum Gasteiger partial charge on any atom is 0.129 e. The first-order valence-corrected chi connectivity index (χ1v) is 6.26. The van der Waals surface area contributed by atoms with Gasteiger partial charge in [0.15, 0.2) is 0 Å². The van der Waals surface area contributed by atoms with E-state index >= 15 is 0 Å². The van der Waals surface area contributed by atoms with Gasteiger partial charge in [-0.25, -0.2) is 4.98 Å². The van der Waals surface area contributed by atoms with Crippen LogP contribution in [-0.2, 0) is 0 Å².